The third kappa shape index (κ3) is 3.90. The summed E-state index contributed by atoms with van der Waals surface area (Å²) in [5, 5.41) is 3.44. The first kappa shape index (κ1) is 16.6. The SMILES string of the molecule is CC(C)CC1NC2(CCCC2)C(=O)N1CCCC(F)(F)F. The van der Waals surface area contributed by atoms with E-state index in [9.17, 15) is 18.0 Å². The van der Waals surface area contributed by atoms with E-state index in [0.717, 1.165) is 32.1 Å². The standard InChI is InChI=1S/C15H25F3N2O/c1-11(2)10-12-19-14(6-3-4-7-14)13(21)20(12)9-5-8-15(16,17)18/h11-12,19H,3-10H2,1-2H3. The summed E-state index contributed by atoms with van der Waals surface area (Å²) < 4.78 is 36.9. The second-order valence-electron chi connectivity index (χ2n) is 6.80. The van der Waals surface area contributed by atoms with E-state index in [2.05, 4.69) is 19.2 Å². The van der Waals surface area contributed by atoms with E-state index in [1.807, 2.05) is 0 Å². The molecule has 3 nitrogen and oxygen atoms in total. The van der Waals surface area contributed by atoms with Gasteiger partial charge in [0.2, 0.25) is 5.91 Å². The van der Waals surface area contributed by atoms with Gasteiger partial charge in [-0.3, -0.25) is 10.1 Å². The number of hydrogen-bond acceptors (Lipinski definition) is 2. The van der Waals surface area contributed by atoms with Crippen molar-refractivity contribution in [1.29, 1.82) is 0 Å². The van der Waals surface area contributed by atoms with Crippen LogP contribution in [-0.2, 0) is 4.79 Å². The quantitative estimate of drug-likeness (QED) is 0.844. The molecule has 1 aliphatic heterocycles. The predicted molar refractivity (Wildman–Crippen MR) is 74.6 cm³/mol. The molecule has 1 amide bonds. The highest BCUT2D eigenvalue weighted by Crippen LogP contribution is 2.38. The number of halogens is 3. The van der Waals surface area contributed by atoms with Crippen LogP contribution in [0.15, 0.2) is 0 Å². The summed E-state index contributed by atoms with van der Waals surface area (Å²) in [5.41, 5.74) is -0.488. The fourth-order valence-corrected chi connectivity index (χ4v) is 3.55. The van der Waals surface area contributed by atoms with Crippen LogP contribution in [0, 0.1) is 5.92 Å². The molecule has 0 aromatic carbocycles. The molecule has 1 atom stereocenters. The Labute approximate surface area is 124 Å². The number of rotatable bonds is 5. The molecular formula is C15H25F3N2O. The molecule has 122 valence electrons. The topological polar surface area (TPSA) is 32.3 Å². The van der Waals surface area contributed by atoms with Crippen molar-refractivity contribution in [1.82, 2.24) is 10.2 Å². The van der Waals surface area contributed by atoms with Gasteiger partial charge in [0.05, 0.1) is 11.7 Å². The van der Waals surface area contributed by atoms with E-state index < -0.39 is 18.1 Å². The van der Waals surface area contributed by atoms with Crippen molar-refractivity contribution in [2.45, 2.75) is 76.7 Å². The lowest BCUT2D eigenvalue weighted by atomic mass is 9.98. The van der Waals surface area contributed by atoms with E-state index in [1.54, 1.807) is 4.90 Å². The Morgan fingerprint density at radius 1 is 1.33 bits per heavy atom. The number of alkyl halides is 3. The fourth-order valence-electron chi connectivity index (χ4n) is 3.55. The third-order valence-corrected chi connectivity index (χ3v) is 4.50. The van der Waals surface area contributed by atoms with E-state index >= 15 is 0 Å². The summed E-state index contributed by atoms with van der Waals surface area (Å²) in [5.74, 6) is 0.421. The first-order chi connectivity index (χ1) is 9.73. The second-order valence-corrected chi connectivity index (χ2v) is 6.80. The summed E-state index contributed by atoms with van der Waals surface area (Å²) in [6.45, 7) is 4.34. The van der Waals surface area contributed by atoms with E-state index in [-0.39, 0.29) is 25.0 Å². The zero-order valence-electron chi connectivity index (χ0n) is 12.8. The fraction of sp³-hybridized carbons (Fsp3) is 0.933. The Balaban J connectivity index is 2.02. The zero-order chi connectivity index (χ0) is 15.7. The summed E-state index contributed by atoms with van der Waals surface area (Å²) in [7, 11) is 0. The lowest BCUT2D eigenvalue weighted by Crippen LogP contribution is -2.44. The van der Waals surface area contributed by atoms with Crippen LogP contribution in [0.4, 0.5) is 13.2 Å². The molecule has 6 heteroatoms. The predicted octanol–water partition coefficient (Wildman–Crippen LogP) is 3.45. The Morgan fingerprint density at radius 2 is 1.95 bits per heavy atom. The van der Waals surface area contributed by atoms with Crippen LogP contribution >= 0.6 is 0 Å². The lowest BCUT2D eigenvalue weighted by molar-refractivity contribution is -0.141. The molecule has 0 aromatic heterocycles. The van der Waals surface area contributed by atoms with E-state index in [0.29, 0.717) is 5.92 Å². The largest absolute Gasteiger partial charge is 0.389 e. The van der Waals surface area contributed by atoms with Crippen molar-refractivity contribution in [3.05, 3.63) is 0 Å². The molecule has 21 heavy (non-hydrogen) atoms. The van der Waals surface area contributed by atoms with Gasteiger partial charge in [-0.25, -0.2) is 0 Å². The molecule has 1 unspecified atom stereocenters. The molecule has 1 saturated heterocycles. The summed E-state index contributed by atoms with van der Waals surface area (Å²) in [4.78, 5) is 14.3. The minimum atomic E-state index is -4.14. The van der Waals surface area contributed by atoms with Gasteiger partial charge in [-0.15, -0.1) is 0 Å². The molecule has 0 radical (unpaired) electrons. The van der Waals surface area contributed by atoms with Crippen LogP contribution in [0.3, 0.4) is 0 Å². The Kier molecular flexibility index (Phi) is 4.85. The Bertz CT molecular complexity index is 376. The summed E-state index contributed by atoms with van der Waals surface area (Å²) in [6.07, 6.45) is -0.628. The minimum Gasteiger partial charge on any atom is -0.326 e. The van der Waals surface area contributed by atoms with Crippen molar-refractivity contribution in [2.24, 2.45) is 5.92 Å². The number of amides is 1. The van der Waals surface area contributed by atoms with Gasteiger partial charge in [0.25, 0.3) is 0 Å². The maximum Gasteiger partial charge on any atom is 0.389 e. The lowest BCUT2D eigenvalue weighted by Gasteiger charge is -2.25. The number of carbonyl (C=O) groups is 1. The van der Waals surface area contributed by atoms with Gasteiger partial charge in [-0.2, -0.15) is 13.2 Å². The van der Waals surface area contributed by atoms with Crippen molar-refractivity contribution < 1.29 is 18.0 Å². The molecule has 0 bridgehead atoms. The monoisotopic (exact) mass is 306 g/mol. The van der Waals surface area contributed by atoms with Crippen LogP contribution in [0.25, 0.3) is 0 Å². The first-order valence-electron chi connectivity index (χ1n) is 7.89. The molecule has 1 spiro atoms. The van der Waals surface area contributed by atoms with Gasteiger partial charge < -0.3 is 4.90 Å². The van der Waals surface area contributed by atoms with Crippen LogP contribution in [0.1, 0.15) is 58.8 Å². The van der Waals surface area contributed by atoms with E-state index in [1.165, 1.54) is 0 Å². The van der Waals surface area contributed by atoms with Crippen molar-refractivity contribution in [3.8, 4) is 0 Å². The highest BCUT2D eigenvalue weighted by Gasteiger charge is 2.51. The van der Waals surface area contributed by atoms with Gasteiger partial charge in [-0.05, 0) is 31.6 Å². The number of nitrogens with zero attached hydrogens (tertiary/aromatic N) is 1. The van der Waals surface area contributed by atoms with Gasteiger partial charge in [0.15, 0.2) is 0 Å². The average molecular weight is 306 g/mol. The average Bonchev–Trinajstić information content (AvgIpc) is 2.89. The second kappa shape index (κ2) is 6.15. The molecule has 1 N–H and O–H groups in total. The van der Waals surface area contributed by atoms with Gasteiger partial charge in [-0.1, -0.05) is 26.7 Å². The zero-order valence-corrected chi connectivity index (χ0v) is 12.8. The van der Waals surface area contributed by atoms with Crippen LogP contribution in [-0.4, -0.2) is 35.2 Å². The maximum absolute atomic E-state index is 12.7. The highest BCUT2D eigenvalue weighted by atomic mass is 19.4. The first-order valence-corrected chi connectivity index (χ1v) is 7.89. The molecular weight excluding hydrogens is 281 g/mol. The molecule has 2 rings (SSSR count). The van der Waals surface area contributed by atoms with Crippen molar-refractivity contribution >= 4 is 5.91 Å². The summed E-state index contributed by atoms with van der Waals surface area (Å²) in [6, 6.07) is 0. The highest BCUT2D eigenvalue weighted by molar-refractivity contribution is 5.89. The third-order valence-electron chi connectivity index (χ3n) is 4.50. The number of nitrogens with one attached hydrogen (secondary N) is 1. The van der Waals surface area contributed by atoms with Crippen LogP contribution < -0.4 is 5.32 Å². The number of carbonyl (C=O) groups excluding carboxylic acids is 1. The van der Waals surface area contributed by atoms with E-state index in [4.69, 9.17) is 0 Å². The minimum absolute atomic E-state index is 0.0123. The molecule has 0 aromatic rings. The molecule has 2 fully saturated rings. The van der Waals surface area contributed by atoms with Crippen LogP contribution in [0.5, 0.6) is 0 Å². The van der Waals surface area contributed by atoms with Crippen molar-refractivity contribution in [2.75, 3.05) is 6.54 Å². The molecule has 1 aliphatic carbocycles. The Morgan fingerprint density at radius 3 is 2.48 bits per heavy atom. The van der Waals surface area contributed by atoms with Crippen molar-refractivity contribution in [3.63, 3.8) is 0 Å². The molecule has 2 aliphatic rings. The van der Waals surface area contributed by atoms with Gasteiger partial charge in [0, 0.05) is 13.0 Å². The normalized spacial score (nSPS) is 25.5. The summed E-state index contributed by atoms with van der Waals surface area (Å²) >= 11 is 0. The molecule has 1 heterocycles. The maximum atomic E-state index is 12.7. The Hall–Kier alpha value is -0.780. The van der Waals surface area contributed by atoms with Crippen LogP contribution in [0.2, 0.25) is 0 Å². The van der Waals surface area contributed by atoms with Gasteiger partial charge in [0.1, 0.15) is 0 Å². The molecule has 1 saturated carbocycles. The van der Waals surface area contributed by atoms with Gasteiger partial charge >= 0.3 is 6.18 Å². The number of hydrogen-bond donors (Lipinski definition) is 1. The smallest absolute Gasteiger partial charge is 0.326 e.